The van der Waals surface area contributed by atoms with Gasteiger partial charge in [0.1, 0.15) is 5.82 Å². The number of rotatable bonds is 5. The molecule has 0 spiro atoms. The Morgan fingerprint density at radius 2 is 2.35 bits per heavy atom. The zero-order chi connectivity index (χ0) is 12.4. The topological polar surface area (TPSA) is 94.0 Å². The molecular formula is C12H18N4O. The lowest BCUT2D eigenvalue weighted by Gasteiger charge is -2.14. The van der Waals surface area contributed by atoms with Crippen molar-refractivity contribution in [3.63, 3.8) is 0 Å². The molecule has 1 fully saturated rings. The summed E-state index contributed by atoms with van der Waals surface area (Å²) < 4.78 is 0. The van der Waals surface area contributed by atoms with Crippen LogP contribution < -0.4 is 16.8 Å². The van der Waals surface area contributed by atoms with Gasteiger partial charge in [-0.1, -0.05) is 0 Å². The zero-order valence-corrected chi connectivity index (χ0v) is 9.94. The molecule has 0 radical (unpaired) electrons. The lowest BCUT2D eigenvalue weighted by Crippen LogP contribution is -2.32. The highest BCUT2D eigenvalue weighted by Crippen LogP contribution is 2.31. The van der Waals surface area contributed by atoms with Crippen LogP contribution in [-0.4, -0.2) is 23.5 Å². The molecule has 1 amide bonds. The number of nitrogens with two attached hydrogens (primary N) is 2. The fraction of sp³-hybridized carbons (Fsp3) is 0.500. The maximum atomic E-state index is 11.3. The Labute approximate surface area is 101 Å². The molecule has 17 heavy (non-hydrogen) atoms. The normalized spacial score (nSPS) is 16.6. The summed E-state index contributed by atoms with van der Waals surface area (Å²) in [6.07, 6.45) is 4.06. The fourth-order valence-corrected chi connectivity index (χ4v) is 1.91. The van der Waals surface area contributed by atoms with Gasteiger partial charge in [-0.15, -0.1) is 0 Å². The number of pyridine rings is 1. The molecule has 0 aliphatic heterocycles. The van der Waals surface area contributed by atoms with E-state index in [2.05, 4.69) is 10.3 Å². The van der Waals surface area contributed by atoms with Gasteiger partial charge in [-0.3, -0.25) is 4.79 Å². The third-order valence-corrected chi connectivity index (χ3v) is 3.14. The van der Waals surface area contributed by atoms with E-state index in [1.165, 1.54) is 12.8 Å². The minimum Gasteiger partial charge on any atom is -0.368 e. The average molecular weight is 234 g/mol. The lowest BCUT2D eigenvalue weighted by molar-refractivity contribution is 0.1000. The van der Waals surface area contributed by atoms with Crippen molar-refractivity contribution < 1.29 is 4.79 Å². The standard InChI is InChI=1S/C12H18N4O/c1-7-4-5-15-12(10(7)11(14)17)16-6-9(13)8-2-3-8/h4-5,8-9H,2-3,6,13H2,1H3,(H2,14,17)(H,15,16). The maximum Gasteiger partial charge on any atom is 0.252 e. The molecular weight excluding hydrogens is 216 g/mol. The zero-order valence-electron chi connectivity index (χ0n) is 9.94. The van der Waals surface area contributed by atoms with Gasteiger partial charge >= 0.3 is 0 Å². The van der Waals surface area contributed by atoms with Gasteiger partial charge in [0, 0.05) is 18.8 Å². The van der Waals surface area contributed by atoms with Crippen molar-refractivity contribution in [2.45, 2.75) is 25.8 Å². The van der Waals surface area contributed by atoms with E-state index in [1.807, 2.05) is 6.92 Å². The van der Waals surface area contributed by atoms with E-state index in [1.54, 1.807) is 12.3 Å². The van der Waals surface area contributed by atoms with Crippen molar-refractivity contribution in [3.8, 4) is 0 Å². The van der Waals surface area contributed by atoms with Crippen LogP contribution in [0.15, 0.2) is 12.3 Å². The van der Waals surface area contributed by atoms with Gasteiger partial charge in [-0.05, 0) is 37.3 Å². The van der Waals surface area contributed by atoms with Crippen LogP contribution in [-0.2, 0) is 0 Å². The molecule has 1 aromatic rings. The number of aromatic nitrogens is 1. The number of hydrogen-bond acceptors (Lipinski definition) is 4. The smallest absolute Gasteiger partial charge is 0.252 e. The molecule has 5 N–H and O–H groups in total. The summed E-state index contributed by atoms with van der Waals surface area (Å²) in [6, 6.07) is 1.89. The Bertz CT molecular complexity index is 429. The average Bonchev–Trinajstić information content (AvgIpc) is 3.08. The summed E-state index contributed by atoms with van der Waals surface area (Å²) in [5.41, 5.74) is 12.6. The van der Waals surface area contributed by atoms with E-state index in [-0.39, 0.29) is 6.04 Å². The Kier molecular flexibility index (Phi) is 3.28. The molecule has 2 rings (SSSR count). The minimum absolute atomic E-state index is 0.123. The molecule has 5 nitrogen and oxygen atoms in total. The molecule has 1 saturated carbocycles. The molecule has 1 aliphatic carbocycles. The van der Waals surface area contributed by atoms with Crippen molar-refractivity contribution in [1.82, 2.24) is 4.98 Å². The second-order valence-corrected chi connectivity index (χ2v) is 4.60. The number of primary amides is 1. The first-order chi connectivity index (χ1) is 8.09. The highest BCUT2D eigenvalue weighted by molar-refractivity contribution is 5.98. The Hall–Kier alpha value is -1.62. The molecule has 1 aromatic heterocycles. The van der Waals surface area contributed by atoms with Gasteiger partial charge in [0.25, 0.3) is 5.91 Å². The van der Waals surface area contributed by atoms with Gasteiger partial charge in [0.2, 0.25) is 0 Å². The number of nitrogens with zero attached hydrogens (tertiary/aromatic N) is 1. The van der Waals surface area contributed by atoms with Crippen molar-refractivity contribution in [2.75, 3.05) is 11.9 Å². The van der Waals surface area contributed by atoms with Gasteiger partial charge in [0.15, 0.2) is 0 Å². The highest BCUT2D eigenvalue weighted by Gasteiger charge is 2.28. The lowest BCUT2D eigenvalue weighted by atomic mass is 10.1. The summed E-state index contributed by atoms with van der Waals surface area (Å²) in [7, 11) is 0. The highest BCUT2D eigenvalue weighted by atomic mass is 16.1. The van der Waals surface area contributed by atoms with Crippen molar-refractivity contribution >= 4 is 11.7 Å². The summed E-state index contributed by atoms with van der Waals surface area (Å²) >= 11 is 0. The first-order valence-electron chi connectivity index (χ1n) is 5.84. The molecule has 0 aromatic carbocycles. The van der Waals surface area contributed by atoms with Crippen LogP contribution in [0, 0.1) is 12.8 Å². The monoisotopic (exact) mass is 234 g/mol. The van der Waals surface area contributed by atoms with Crippen LogP contribution >= 0.6 is 0 Å². The molecule has 1 heterocycles. The molecule has 1 atom stereocenters. The van der Waals surface area contributed by atoms with Gasteiger partial charge in [-0.25, -0.2) is 4.98 Å². The van der Waals surface area contributed by atoms with Crippen LogP contribution in [0.3, 0.4) is 0 Å². The van der Waals surface area contributed by atoms with E-state index < -0.39 is 5.91 Å². The van der Waals surface area contributed by atoms with Crippen molar-refractivity contribution in [2.24, 2.45) is 17.4 Å². The number of carbonyl (C=O) groups excluding carboxylic acids is 1. The van der Waals surface area contributed by atoms with E-state index in [4.69, 9.17) is 11.5 Å². The SMILES string of the molecule is Cc1ccnc(NCC(N)C2CC2)c1C(N)=O. The summed E-state index contributed by atoms with van der Waals surface area (Å²) in [5, 5.41) is 3.12. The number of amides is 1. The van der Waals surface area contributed by atoms with Crippen LogP contribution in [0.4, 0.5) is 5.82 Å². The van der Waals surface area contributed by atoms with Gasteiger partial charge in [0.05, 0.1) is 5.56 Å². The summed E-state index contributed by atoms with van der Waals surface area (Å²) in [6.45, 7) is 2.47. The van der Waals surface area contributed by atoms with Crippen LogP contribution in [0.5, 0.6) is 0 Å². The van der Waals surface area contributed by atoms with E-state index in [0.29, 0.717) is 23.8 Å². The minimum atomic E-state index is -0.460. The predicted octanol–water partition coefficient (Wildman–Crippen LogP) is 0.638. The number of anilines is 1. The third kappa shape index (κ3) is 2.74. The van der Waals surface area contributed by atoms with Crippen LogP contribution in [0.2, 0.25) is 0 Å². The van der Waals surface area contributed by atoms with Crippen LogP contribution in [0.1, 0.15) is 28.8 Å². The maximum absolute atomic E-state index is 11.3. The number of aryl methyl sites for hydroxylation is 1. The molecule has 92 valence electrons. The molecule has 0 saturated heterocycles. The number of hydrogen-bond donors (Lipinski definition) is 3. The van der Waals surface area contributed by atoms with Crippen LogP contribution in [0.25, 0.3) is 0 Å². The molecule has 1 aliphatic rings. The Balaban J connectivity index is 2.08. The second-order valence-electron chi connectivity index (χ2n) is 4.60. The second kappa shape index (κ2) is 4.71. The van der Waals surface area contributed by atoms with Gasteiger partial charge in [-0.2, -0.15) is 0 Å². The molecule has 1 unspecified atom stereocenters. The van der Waals surface area contributed by atoms with E-state index in [9.17, 15) is 4.79 Å². The number of carbonyl (C=O) groups is 1. The molecule has 5 heteroatoms. The van der Waals surface area contributed by atoms with Gasteiger partial charge < -0.3 is 16.8 Å². The Morgan fingerprint density at radius 3 is 2.94 bits per heavy atom. The largest absolute Gasteiger partial charge is 0.368 e. The van der Waals surface area contributed by atoms with Crippen molar-refractivity contribution in [1.29, 1.82) is 0 Å². The summed E-state index contributed by atoms with van der Waals surface area (Å²) in [5.74, 6) is 0.691. The fourth-order valence-electron chi connectivity index (χ4n) is 1.91. The van der Waals surface area contributed by atoms with E-state index in [0.717, 1.165) is 5.56 Å². The first kappa shape index (κ1) is 11.9. The Morgan fingerprint density at radius 1 is 1.65 bits per heavy atom. The van der Waals surface area contributed by atoms with Crippen molar-refractivity contribution in [3.05, 3.63) is 23.4 Å². The van der Waals surface area contributed by atoms with E-state index >= 15 is 0 Å². The summed E-state index contributed by atoms with van der Waals surface area (Å²) in [4.78, 5) is 15.5. The molecule has 0 bridgehead atoms. The number of nitrogens with one attached hydrogen (secondary N) is 1. The third-order valence-electron chi connectivity index (χ3n) is 3.14. The predicted molar refractivity (Wildman–Crippen MR) is 66.7 cm³/mol. The quantitative estimate of drug-likeness (QED) is 0.696. The first-order valence-corrected chi connectivity index (χ1v) is 5.84.